The zero-order valence-corrected chi connectivity index (χ0v) is 11.9. The third-order valence-electron chi connectivity index (χ3n) is 4.74. The maximum atomic E-state index is 12.3. The van der Waals surface area contributed by atoms with Gasteiger partial charge in [0.1, 0.15) is 0 Å². The summed E-state index contributed by atoms with van der Waals surface area (Å²) in [5.74, 6) is -0.452. The number of rotatable bonds is 4. The molecule has 5 nitrogen and oxygen atoms in total. The molecule has 112 valence electrons. The topological polar surface area (TPSA) is 81.4 Å². The van der Waals surface area contributed by atoms with E-state index in [2.05, 4.69) is 5.32 Å². The van der Waals surface area contributed by atoms with Crippen LogP contribution in [0.5, 0.6) is 0 Å². The van der Waals surface area contributed by atoms with Gasteiger partial charge in [-0.2, -0.15) is 0 Å². The van der Waals surface area contributed by atoms with Gasteiger partial charge in [0.15, 0.2) is 0 Å². The molecule has 21 heavy (non-hydrogen) atoms. The molecule has 2 aliphatic rings. The van der Waals surface area contributed by atoms with E-state index in [-0.39, 0.29) is 17.7 Å². The average Bonchev–Trinajstić information content (AvgIpc) is 2.47. The number of carbonyl (C=O) groups excluding carboxylic acids is 2. The summed E-state index contributed by atoms with van der Waals surface area (Å²) >= 11 is 0. The SMILES string of the molecule is NC(=O)C1(CNC(=O)C2Cc3ccccc32)CCOCC1. The number of nitrogens with two attached hydrogens (primary N) is 1. The molecule has 0 radical (unpaired) electrons. The first-order chi connectivity index (χ1) is 10.1. The normalized spacial score (nSPS) is 22.8. The molecule has 0 saturated carbocycles. The Morgan fingerprint density at radius 1 is 1.29 bits per heavy atom. The van der Waals surface area contributed by atoms with Crippen LogP contribution in [-0.2, 0) is 20.7 Å². The molecule has 3 N–H and O–H groups in total. The van der Waals surface area contributed by atoms with E-state index in [1.807, 2.05) is 24.3 Å². The smallest absolute Gasteiger partial charge is 0.227 e. The fourth-order valence-electron chi connectivity index (χ4n) is 3.14. The van der Waals surface area contributed by atoms with Crippen molar-refractivity contribution in [3.63, 3.8) is 0 Å². The predicted octanol–water partition coefficient (Wildman–Crippen LogP) is 0.725. The number of carbonyl (C=O) groups is 2. The number of ether oxygens (including phenoxy) is 1. The number of primary amides is 1. The van der Waals surface area contributed by atoms with Crippen LogP contribution in [0.25, 0.3) is 0 Å². The van der Waals surface area contributed by atoms with E-state index in [4.69, 9.17) is 10.5 Å². The van der Waals surface area contributed by atoms with Gasteiger partial charge in [-0.1, -0.05) is 24.3 Å². The third-order valence-corrected chi connectivity index (χ3v) is 4.74. The highest BCUT2D eigenvalue weighted by Crippen LogP contribution is 2.35. The summed E-state index contributed by atoms with van der Waals surface area (Å²) < 4.78 is 5.29. The molecular weight excluding hydrogens is 268 g/mol. The first-order valence-electron chi connectivity index (χ1n) is 7.35. The lowest BCUT2D eigenvalue weighted by Gasteiger charge is -2.35. The summed E-state index contributed by atoms with van der Waals surface area (Å²) in [4.78, 5) is 24.1. The molecule has 3 rings (SSSR count). The molecule has 0 aromatic heterocycles. The summed E-state index contributed by atoms with van der Waals surface area (Å²) in [5.41, 5.74) is 7.21. The highest BCUT2D eigenvalue weighted by molar-refractivity contribution is 5.88. The van der Waals surface area contributed by atoms with Crippen LogP contribution in [0.2, 0.25) is 0 Å². The molecule has 1 aromatic rings. The van der Waals surface area contributed by atoms with E-state index in [1.165, 1.54) is 5.56 Å². The van der Waals surface area contributed by atoms with Crippen molar-refractivity contribution in [1.82, 2.24) is 5.32 Å². The number of fused-ring (bicyclic) bond motifs is 1. The predicted molar refractivity (Wildman–Crippen MR) is 77.6 cm³/mol. The Bertz CT molecular complexity index is 564. The second-order valence-electron chi connectivity index (χ2n) is 5.93. The third kappa shape index (κ3) is 2.53. The van der Waals surface area contributed by atoms with Crippen LogP contribution in [-0.4, -0.2) is 31.6 Å². The largest absolute Gasteiger partial charge is 0.381 e. The maximum absolute atomic E-state index is 12.3. The minimum absolute atomic E-state index is 0.0131. The first-order valence-corrected chi connectivity index (χ1v) is 7.35. The van der Waals surface area contributed by atoms with Crippen molar-refractivity contribution in [2.45, 2.75) is 25.2 Å². The van der Waals surface area contributed by atoms with Crippen molar-refractivity contribution in [3.05, 3.63) is 35.4 Å². The Morgan fingerprint density at radius 2 is 2.00 bits per heavy atom. The van der Waals surface area contributed by atoms with E-state index in [0.29, 0.717) is 32.6 Å². The second kappa shape index (κ2) is 5.48. The number of benzene rings is 1. The quantitative estimate of drug-likeness (QED) is 0.856. The molecule has 1 fully saturated rings. The molecule has 1 unspecified atom stereocenters. The van der Waals surface area contributed by atoms with Gasteiger partial charge in [0.05, 0.1) is 11.3 Å². The van der Waals surface area contributed by atoms with E-state index in [0.717, 1.165) is 12.0 Å². The molecule has 1 saturated heterocycles. The van der Waals surface area contributed by atoms with E-state index in [1.54, 1.807) is 0 Å². The molecule has 2 amide bonds. The Hall–Kier alpha value is -1.88. The van der Waals surface area contributed by atoms with E-state index in [9.17, 15) is 9.59 Å². The van der Waals surface area contributed by atoms with E-state index < -0.39 is 5.41 Å². The van der Waals surface area contributed by atoms with Gasteiger partial charge in [-0.15, -0.1) is 0 Å². The monoisotopic (exact) mass is 288 g/mol. The van der Waals surface area contributed by atoms with Gasteiger partial charge in [-0.25, -0.2) is 0 Å². The second-order valence-corrected chi connectivity index (χ2v) is 5.93. The minimum atomic E-state index is -0.656. The lowest BCUT2D eigenvalue weighted by atomic mass is 9.76. The van der Waals surface area contributed by atoms with Crippen molar-refractivity contribution < 1.29 is 14.3 Å². The molecular formula is C16H20N2O3. The van der Waals surface area contributed by atoms with Crippen molar-refractivity contribution in [2.75, 3.05) is 19.8 Å². The van der Waals surface area contributed by atoms with Crippen LogP contribution in [0.1, 0.15) is 29.9 Å². The lowest BCUT2D eigenvalue weighted by Crippen LogP contribution is -2.50. The highest BCUT2D eigenvalue weighted by Gasteiger charge is 2.40. The van der Waals surface area contributed by atoms with Crippen LogP contribution in [0.15, 0.2) is 24.3 Å². The first kappa shape index (κ1) is 14.1. The van der Waals surface area contributed by atoms with Crippen molar-refractivity contribution in [3.8, 4) is 0 Å². The Kier molecular flexibility index (Phi) is 3.68. The fourth-order valence-corrected chi connectivity index (χ4v) is 3.14. The van der Waals surface area contributed by atoms with Crippen LogP contribution in [0, 0.1) is 5.41 Å². The van der Waals surface area contributed by atoms with Crippen LogP contribution >= 0.6 is 0 Å². The van der Waals surface area contributed by atoms with Gasteiger partial charge in [-0.3, -0.25) is 9.59 Å². The number of nitrogens with one attached hydrogen (secondary N) is 1. The average molecular weight is 288 g/mol. The molecule has 1 aromatic carbocycles. The van der Waals surface area contributed by atoms with Crippen molar-refractivity contribution in [2.24, 2.45) is 11.1 Å². The van der Waals surface area contributed by atoms with Gasteiger partial charge in [0.2, 0.25) is 11.8 Å². The van der Waals surface area contributed by atoms with Gasteiger partial charge in [0, 0.05) is 19.8 Å². The zero-order valence-electron chi connectivity index (χ0n) is 11.9. The molecule has 1 heterocycles. The summed E-state index contributed by atoms with van der Waals surface area (Å²) in [6, 6.07) is 7.96. The summed E-state index contributed by atoms with van der Waals surface area (Å²) in [6.45, 7) is 1.35. The Balaban J connectivity index is 1.62. The molecule has 1 atom stereocenters. The summed E-state index contributed by atoms with van der Waals surface area (Å²) in [7, 11) is 0. The zero-order chi connectivity index (χ0) is 14.9. The lowest BCUT2D eigenvalue weighted by molar-refractivity contribution is -0.134. The fraction of sp³-hybridized carbons (Fsp3) is 0.500. The Labute approximate surface area is 123 Å². The van der Waals surface area contributed by atoms with Gasteiger partial charge in [0.25, 0.3) is 0 Å². The van der Waals surface area contributed by atoms with Gasteiger partial charge >= 0.3 is 0 Å². The maximum Gasteiger partial charge on any atom is 0.227 e. The van der Waals surface area contributed by atoms with E-state index >= 15 is 0 Å². The summed E-state index contributed by atoms with van der Waals surface area (Å²) in [6.07, 6.45) is 1.92. The Morgan fingerprint density at radius 3 is 2.67 bits per heavy atom. The summed E-state index contributed by atoms with van der Waals surface area (Å²) in [5, 5.41) is 2.92. The van der Waals surface area contributed by atoms with Gasteiger partial charge < -0.3 is 15.8 Å². The number of hydrogen-bond donors (Lipinski definition) is 2. The number of amides is 2. The molecule has 1 aliphatic heterocycles. The number of hydrogen-bond acceptors (Lipinski definition) is 3. The molecule has 0 spiro atoms. The standard InChI is InChI=1S/C16H20N2O3/c17-15(20)16(5-7-21-8-6-16)10-18-14(19)13-9-11-3-1-2-4-12(11)13/h1-4,13H,5-10H2,(H2,17,20)(H,18,19). The van der Waals surface area contributed by atoms with Crippen molar-refractivity contribution in [1.29, 1.82) is 0 Å². The molecule has 5 heteroatoms. The van der Waals surface area contributed by atoms with Gasteiger partial charge in [-0.05, 0) is 30.4 Å². The molecule has 0 bridgehead atoms. The van der Waals surface area contributed by atoms with Crippen LogP contribution in [0.4, 0.5) is 0 Å². The van der Waals surface area contributed by atoms with Crippen molar-refractivity contribution >= 4 is 11.8 Å². The molecule has 1 aliphatic carbocycles. The van der Waals surface area contributed by atoms with Crippen LogP contribution in [0.3, 0.4) is 0 Å². The minimum Gasteiger partial charge on any atom is -0.381 e. The highest BCUT2D eigenvalue weighted by atomic mass is 16.5. The van der Waals surface area contributed by atoms with Crippen LogP contribution < -0.4 is 11.1 Å².